The summed E-state index contributed by atoms with van der Waals surface area (Å²) in [5.41, 5.74) is 1.85. The lowest BCUT2D eigenvalue weighted by Gasteiger charge is -2.36. The van der Waals surface area contributed by atoms with Gasteiger partial charge in [0, 0.05) is 44.8 Å². The van der Waals surface area contributed by atoms with Crippen molar-refractivity contribution < 1.29 is 14.1 Å². The van der Waals surface area contributed by atoms with Crippen LogP contribution in [0.5, 0.6) is 5.75 Å². The second kappa shape index (κ2) is 8.79. The average molecular weight is 425 g/mol. The van der Waals surface area contributed by atoms with Gasteiger partial charge in [-0.1, -0.05) is 5.16 Å². The van der Waals surface area contributed by atoms with Gasteiger partial charge in [0.2, 0.25) is 5.91 Å². The zero-order valence-electron chi connectivity index (χ0n) is 18.1. The molecule has 0 unspecified atom stereocenters. The Bertz CT molecular complexity index is 1130. The van der Waals surface area contributed by atoms with Crippen LogP contribution in [0.3, 0.4) is 0 Å². The first-order valence-electron chi connectivity index (χ1n) is 10.5. The van der Waals surface area contributed by atoms with Crippen LogP contribution >= 0.6 is 0 Å². The van der Waals surface area contributed by atoms with Crippen LogP contribution in [0.25, 0.3) is 10.9 Å². The highest BCUT2D eigenvalue weighted by Gasteiger charge is 2.21. The standard InChI is InChI=1S/C22H27N5O4/c1-15-20-16(2)31-24-21(20)22(29)27(23-15)10-4-5-19(28)26-13-11-25(12-14-26)17-6-8-18(30-3)9-7-17/h6-9H,4-5,10-14H2,1-3H3. The molecule has 1 aromatic carbocycles. The fourth-order valence-corrected chi connectivity index (χ4v) is 4.04. The Morgan fingerprint density at radius 2 is 1.84 bits per heavy atom. The number of aryl methyl sites for hydroxylation is 3. The van der Waals surface area contributed by atoms with E-state index in [2.05, 4.69) is 15.2 Å². The molecule has 0 aliphatic carbocycles. The van der Waals surface area contributed by atoms with Gasteiger partial charge in [0.1, 0.15) is 11.5 Å². The fourth-order valence-electron chi connectivity index (χ4n) is 4.04. The van der Waals surface area contributed by atoms with Crippen LogP contribution in [-0.2, 0) is 11.3 Å². The van der Waals surface area contributed by atoms with E-state index in [1.807, 2.05) is 36.1 Å². The molecule has 1 aliphatic rings. The maximum absolute atomic E-state index is 12.6. The predicted octanol–water partition coefficient (Wildman–Crippen LogP) is 2.14. The van der Waals surface area contributed by atoms with Crippen molar-refractivity contribution in [3.8, 4) is 5.75 Å². The van der Waals surface area contributed by atoms with Crippen LogP contribution in [-0.4, -0.2) is 59.0 Å². The minimum Gasteiger partial charge on any atom is -0.497 e. The van der Waals surface area contributed by atoms with Crippen LogP contribution in [0.1, 0.15) is 24.3 Å². The summed E-state index contributed by atoms with van der Waals surface area (Å²) in [5, 5.41) is 8.90. The number of carbonyl (C=O) groups is 1. The molecule has 164 valence electrons. The first kappa shape index (κ1) is 20.9. The number of aromatic nitrogens is 3. The zero-order valence-corrected chi connectivity index (χ0v) is 18.1. The highest BCUT2D eigenvalue weighted by molar-refractivity contribution is 5.81. The molecule has 3 aromatic rings. The highest BCUT2D eigenvalue weighted by atomic mass is 16.5. The molecule has 0 saturated carbocycles. The number of rotatable bonds is 6. The quantitative estimate of drug-likeness (QED) is 0.597. The molecule has 1 amide bonds. The van der Waals surface area contributed by atoms with Crippen molar-refractivity contribution >= 4 is 22.5 Å². The van der Waals surface area contributed by atoms with Gasteiger partial charge in [-0.25, -0.2) is 4.68 Å². The number of hydrogen-bond donors (Lipinski definition) is 0. The predicted molar refractivity (Wildman–Crippen MR) is 117 cm³/mol. The molecule has 0 radical (unpaired) electrons. The number of benzene rings is 1. The summed E-state index contributed by atoms with van der Waals surface area (Å²) in [6.45, 7) is 6.93. The third kappa shape index (κ3) is 4.26. The van der Waals surface area contributed by atoms with Crippen LogP contribution in [0.4, 0.5) is 5.69 Å². The van der Waals surface area contributed by atoms with Crippen LogP contribution in [0.15, 0.2) is 33.6 Å². The van der Waals surface area contributed by atoms with Crippen LogP contribution < -0.4 is 15.2 Å². The minimum absolute atomic E-state index is 0.109. The minimum atomic E-state index is -0.280. The second-order valence-electron chi connectivity index (χ2n) is 7.75. The van der Waals surface area contributed by atoms with Crippen LogP contribution in [0.2, 0.25) is 0 Å². The fraction of sp³-hybridized carbons (Fsp3) is 0.455. The molecule has 3 heterocycles. The number of carbonyl (C=O) groups excluding carboxylic acids is 1. The van der Waals surface area contributed by atoms with E-state index in [1.165, 1.54) is 4.68 Å². The SMILES string of the molecule is COc1ccc(N2CCN(C(=O)CCCn3nc(C)c4c(C)onc4c3=O)CC2)cc1. The van der Waals surface area contributed by atoms with E-state index in [9.17, 15) is 9.59 Å². The molecule has 9 heteroatoms. The van der Waals surface area contributed by atoms with E-state index in [0.717, 1.165) is 24.5 Å². The summed E-state index contributed by atoms with van der Waals surface area (Å²) >= 11 is 0. The number of methoxy groups -OCH3 is 1. The molecule has 0 bridgehead atoms. The average Bonchev–Trinajstić information content (AvgIpc) is 3.19. The molecule has 2 aromatic heterocycles. The van der Waals surface area contributed by atoms with E-state index < -0.39 is 0 Å². The Morgan fingerprint density at radius 1 is 1.13 bits per heavy atom. The third-order valence-corrected chi connectivity index (χ3v) is 5.76. The van der Waals surface area contributed by atoms with E-state index >= 15 is 0 Å². The molecule has 31 heavy (non-hydrogen) atoms. The Labute approximate surface area is 180 Å². The van der Waals surface area contributed by atoms with E-state index in [1.54, 1.807) is 14.0 Å². The van der Waals surface area contributed by atoms with Gasteiger partial charge in [-0.3, -0.25) is 9.59 Å². The summed E-state index contributed by atoms with van der Waals surface area (Å²) in [7, 11) is 1.65. The van der Waals surface area contributed by atoms with Gasteiger partial charge in [-0.2, -0.15) is 5.10 Å². The van der Waals surface area contributed by atoms with Crippen molar-refractivity contribution in [2.24, 2.45) is 0 Å². The molecular weight excluding hydrogens is 398 g/mol. The zero-order chi connectivity index (χ0) is 22.0. The number of piperazine rings is 1. The molecule has 0 atom stereocenters. The Morgan fingerprint density at radius 3 is 2.52 bits per heavy atom. The van der Waals surface area contributed by atoms with Crippen molar-refractivity contribution in [3.63, 3.8) is 0 Å². The molecule has 0 spiro atoms. The maximum atomic E-state index is 12.6. The first-order valence-corrected chi connectivity index (χ1v) is 10.5. The Balaban J connectivity index is 1.29. The monoisotopic (exact) mass is 425 g/mol. The lowest BCUT2D eigenvalue weighted by atomic mass is 10.2. The summed E-state index contributed by atoms with van der Waals surface area (Å²) in [4.78, 5) is 29.4. The van der Waals surface area contributed by atoms with Gasteiger partial charge in [0.25, 0.3) is 5.56 Å². The second-order valence-corrected chi connectivity index (χ2v) is 7.75. The highest BCUT2D eigenvalue weighted by Crippen LogP contribution is 2.21. The lowest BCUT2D eigenvalue weighted by molar-refractivity contribution is -0.131. The van der Waals surface area contributed by atoms with Gasteiger partial charge in [-0.15, -0.1) is 0 Å². The van der Waals surface area contributed by atoms with Crippen molar-refractivity contribution in [2.75, 3.05) is 38.2 Å². The van der Waals surface area contributed by atoms with Crippen molar-refractivity contribution in [1.29, 1.82) is 0 Å². The van der Waals surface area contributed by atoms with E-state index in [-0.39, 0.29) is 11.5 Å². The molecule has 4 rings (SSSR count). The summed E-state index contributed by atoms with van der Waals surface area (Å²) < 4.78 is 11.7. The van der Waals surface area contributed by atoms with Crippen molar-refractivity contribution in [3.05, 3.63) is 46.1 Å². The topological polar surface area (TPSA) is 93.7 Å². The lowest BCUT2D eigenvalue weighted by Crippen LogP contribution is -2.48. The number of nitrogens with zero attached hydrogens (tertiary/aromatic N) is 5. The van der Waals surface area contributed by atoms with E-state index in [4.69, 9.17) is 9.26 Å². The summed E-state index contributed by atoms with van der Waals surface area (Å²) in [6.07, 6.45) is 0.928. The molecule has 1 fully saturated rings. The van der Waals surface area contributed by atoms with Gasteiger partial charge in [0.05, 0.1) is 18.2 Å². The number of fused-ring (bicyclic) bond motifs is 1. The Hall–Kier alpha value is -3.36. The largest absolute Gasteiger partial charge is 0.497 e. The molecular formula is C22H27N5O4. The maximum Gasteiger partial charge on any atom is 0.296 e. The Kier molecular flexibility index (Phi) is 5.92. The van der Waals surface area contributed by atoms with Crippen LogP contribution in [0, 0.1) is 13.8 Å². The number of amides is 1. The molecule has 1 saturated heterocycles. The van der Waals surface area contributed by atoms with Gasteiger partial charge < -0.3 is 19.1 Å². The third-order valence-electron chi connectivity index (χ3n) is 5.76. The van der Waals surface area contributed by atoms with E-state index in [0.29, 0.717) is 54.8 Å². The molecule has 1 aliphatic heterocycles. The van der Waals surface area contributed by atoms with Gasteiger partial charge >= 0.3 is 0 Å². The number of anilines is 1. The van der Waals surface area contributed by atoms with Gasteiger partial charge in [0.15, 0.2) is 5.52 Å². The van der Waals surface area contributed by atoms with Crippen molar-refractivity contribution in [1.82, 2.24) is 19.8 Å². The molecule has 9 nitrogen and oxygen atoms in total. The number of hydrogen-bond acceptors (Lipinski definition) is 7. The first-order chi connectivity index (χ1) is 15.0. The smallest absolute Gasteiger partial charge is 0.296 e. The number of ether oxygens (including phenoxy) is 1. The normalized spacial score (nSPS) is 14.3. The summed E-state index contributed by atoms with van der Waals surface area (Å²) in [6, 6.07) is 7.97. The molecule has 0 N–H and O–H groups in total. The van der Waals surface area contributed by atoms with Crippen molar-refractivity contribution in [2.45, 2.75) is 33.2 Å². The summed E-state index contributed by atoms with van der Waals surface area (Å²) in [5.74, 6) is 1.53. The van der Waals surface area contributed by atoms with Gasteiger partial charge in [-0.05, 0) is 44.5 Å².